The maximum Gasteiger partial charge on any atom is 0.133 e. The number of nitrogens with zero attached hydrogens (tertiary/aromatic N) is 2. The molecule has 1 fully saturated rings. The summed E-state index contributed by atoms with van der Waals surface area (Å²) in [5, 5.41) is 16.6. The molecule has 5 nitrogen and oxygen atoms in total. The number of aryl methyl sites for hydroxylation is 1. The number of aliphatic hydroxyl groups is 1. The minimum absolute atomic E-state index is 0.163. The Morgan fingerprint density at radius 1 is 1.14 bits per heavy atom. The summed E-state index contributed by atoms with van der Waals surface area (Å²) < 4.78 is 0. The van der Waals surface area contributed by atoms with Crippen LogP contribution in [0.25, 0.3) is 0 Å². The molecule has 1 aromatic heterocycles. The van der Waals surface area contributed by atoms with Crippen LogP contribution in [0.1, 0.15) is 58.2 Å². The second-order valence-corrected chi connectivity index (χ2v) is 5.96. The highest BCUT2D eigenvalue weighted by atomic mass is 16.3. The fraction of sp³-hybridized carbons (Fsp3) is 0.750. The fourth-order valence-corrected chi connectivity index (χ4v) is 2.99. The van der Waals surface area contributed by atoms with E-state index in [1.807, 2.05) is 6.07 Å². The number of rotatable bonds is 7. The monoisotopic (exact) mass is 292 g/mol. The lowest BCUT2D eigenvalue weighted by molar-refractivity contribution is 0.172. The van der Waals surface area contributed by atoms with Gasteiger partial charge < -0.3 is 15.7 Å². The van der Waals surface area contributed by atoms with Gasteiger partial charge in [-0.3, -0.25) is 0 Å². The van der Waals surface area contributed by atoms with E-state index >= 15 is 0 Å². The lowest BCUT2D eigenvalue weighted by atomic mass is 9.82. The predicted octanol–water partition coefficient (Wildman–Crippen LogP) is 2.97. The van der Waals surface area contributed by atoms with Gasteiger partial charge in [-0.25, -0.2) is 9.97 Å². The first-order valence-corrected chi connectivity index (χ1v) is 8.22. The molecule has 0 atom stereocenters. The van der Waals surface area contributed by atoms with Gasteiger partial charge in [-0.2, -0.15) is 0 Å². The Morgan fingerprint density at radius 2 is 1.86 bits per heavy atom. The number of hydrogen-bond acceptors (Lipinski definition) is 5. The van der Waals surface area contributed by atoms with Crippen molar-refractivity contribution in [2.45, 2.75) is 64.3 Å². The second-order valence-electron chi connectivity index (χ2n) is 5.96. The summed E-state index contributed by atoms with van der Waals surface area (Å²) in [4.78, 5) is 9.15. The molecule has 21 heavy (non-hydrogen) atoms. The van der Waals surface area contributed by atoms with Gasteiger partial charge in [0, 0.05) is 19.0 Å². The minimum atomic E-state index is -0.209. The minimum Gasteiger partial charge on any atom is -0.394 e. The summed E-state index contributed by atoms with van der Waals surface area (Å²) >= 11 is 0. The molecule has 0 unspecified atom stereocenters. The lowest BCUT2D eigenvalue weighted by Crippen LogP contribution is -2.44. The quantitative estimate of drug-likeness (QED) is 0.721. The van der Waals surface area contributed by atoms with E-state index in [0.29, 0.717) is 0 Å². The van der Waals surface area contributed by atoms with Gasteiger partial charge in [0.15, 0.2) is 0 Å². The molecule has 1 aliphatic carbocycles. The largest absolute Gasteiger partial charge is 0.394 e. The SMILES string of the molecule is CCCc1nc(NCC)cc(NC2(CO)CCCCC2)n1. The van der Waals surface area contributed by atoms with Crippen LogP contribution in [0.3, 0.4) is 0 Å². The van der Waals surface area contributed by atoms with Crippen molar-refractivity contribution in [1.82, 2.24) is 9.97 Å². The third kappa shape index (κ3) is 4.30. The van der Waals surface area contributed by atoms with Crippen LogP contribution in [-0.2, 0) is 6.42 Å². The van der Waals surface area contributed by atoms with Crippen molar-refractivity contribution in [3.63, 3.8) is 0 Å². The van der Waals surface area contributed by atoms with E-state index in [-0.39, 0.29) is 12.1 Å². The van der Waals surface area contributed by atoms with E-state index in [1.165, 1.54) is 19.3 Å². The summed E-state index contributed by atoms with van der Waals surface area (Å²) in [7, 11) is 0. The average molecular weight is 292 g/mol. The van der Waals surface area contributed by atoms with Crippen molar-refractivity contribution in [3.05, 3.63) is 11.9 Å². The van der Waals surface area contributed by atoms with Crippen LogP contribution in [0.5, 0.6) is 0 Å². The zero-order chi connectivity index (χ0) is 15.1. The van der Waals surface area contributed by atoms with Crippen LogP contribution in [0.2, 0.25) is 0 Å². The van der Waals surface area contributed by atoms with E-state index in [4.69, 9.17) is 0 Å². The molecular weight excluding hydrogens is 264 g/mol. The molecule has 1 heterocycles. The Hall–Kier alpha value is -1.36. The maximum absolute atomic E-state index is 9.83. The smallest absolute Gasteiger partial charge is 0.133 e. The Labute approximate surface area is 127 Å². The summed E-state index contributed by atoms with van der Waals surface area (Å²) in [6.07, 6.45) is 7.51. The molecule has 2 rings (SSSR count). The van der Waals surface area contributed by atoms with E-state index in [2.05, 4.69) is 34.4 Å². The number of nitrogens with one attached hydrogen (secondary N) is 2. The van der Waals surface area contributed by atoms with Crippen molar-refractivity contribution >= 4 is 11.6 Å². The molecule has 1 saturated carbocycles. The first-order valence-electron chi connectivity index (χ1n) is 8.22. The third-order valence-electron chi connectivity index (χ3n) is 4.11. The van der Waals surface area contributed by atoms with Gasteiger partial charge in [0.25, 0.3) is 0 Å². The van der Waals surface area contributed by atoms with Crippen LogP contribution < -0.4 is 10.6 Å². The summed E-state index contributed by atoms with van der Waals surface area (Å²) in [5.74, 6) is 2.56. The molecule has 118 valence electrons. The van der Waals surface area contributed by atoms with Crippen LogP contribution in [-0.4, -0.2) is 33.8 Å². The van der Waals surface area contributed by atoms with E-state index < -0.39 is 0 Å². The zero-order valence-electron chi connectivity index (χ0n) is 13.3. The van der Waals surface area contributed by atoms with Crippen LogP contribution in [0.15, 0.2) is 6.07 Å². The van der Waals surface area contributed by atoms with Crippen LogP contribution >= 0.6 is 0 Å². The van der Waals surface area contributed by atoms with Gasteiger partial charge in [0.05, 0.1) is 12.1 Å². The van der Waals surface area contributed by atoms with Crippen LogP contribution in [0, 0.1) is 0 Å². The first-order chi connectivity index (χ1) is 10.2. The third-order valence-corrected chi connectivity index (χ3v) is 4.11. The number of hydrogen-bond donors (Lipinski definition) is 3. The standard InChI is InChI=1S/C16H28N4O/c1-3-8-13-18-14(17-4-2)11-15(19-13)20-16(12-21)9-6-5-7-10-16/h11,21H,3-10,12H2,1-2H3,(H2,17,18,19,20). The summed E-state index contributed by atoms with van der Waals surface area (Å²) in [6, 6.07) is 1.95. The molecular formula is C16H28N4O. The van der Waals surface area contributed by atoms with Crippen molar-refractivity contribution in [2.75, 3.05) is 23.8 Å². The van der Waals surface area contributed by atoms with Gasteiger partial charge >= 0.3 is 0 Å². The van der Waals surface area contributed by atoms with E-state index in [1.54, 1.807) is 0 Å². The molecule has 5 heteroatoms. The molecule has 1 aromatic rings. The molecule has 0 aliphatic heterocycles. The van der Waals surface area contributed by atoms with Crippen molar-refractivity contribution in [2.24, 2.45) is 0 Å². The summed E-state index contributed by atoms with van der Waals surface area (Å²) in [5.41, 5.74) is -0.209. The highest BCUT2D eigenvalue weighted by Crippen LogP contribution is 2.31. The normalized spacial score (nSPS) is 17.5. The first kappa shape index (κ1) is 16.0. The average Bonchev–Trinajstić information content (AvgIpc) is 2.48. The second kappa shape index (κ2) is 7.59. The molecule has 0 amide bonds. The highest BCUT2D eigenvalue weighted by molar-refractivity contribution is 5.49. The Bertz CT molecular complexity index is 420. The molecule has 0 spiro atoms. The number of aromatic nitrogens is 2. The molecule has 0 saturated heterocycles. The molecule has 0 aromatic carbocycles. The molecule has 1 aliphatic rings. The Balaban J connectivity index is 2.20. The van der Waals surface area contributed by atoms with Gasteiger partial charge in [0.1, 0.15) is 17.5 Å². The highest BCUT2D eigenvalue weighted by Gasteiger charge is 2.31. The Morgan fingerprint density at radius 3 is 2.48 bits per heavy atom. The topological polar surface area (TPSA) is 70.1 Å². The van der Waals surface area contributed by atoms with Crippen LogP contribution in [0.4, 0.5) is 11.6 Å². The van der Waals surface area contributed by atoms with Crippen molar-refractivity contribution in [3.8, 4) is 0 Å². The number of anilines is 2. The van der Waals surface area contributed by atoms with E-state index in [9.17, 15) is 5.11 Å². The van der Waals surface area contributed by atoms with Gasteiger partial charge in [-0.15, -0.1) is 0 Å². The van der Waals surface area contributed by atoms with Gasteiger partial charge in [-0.1, -0.05) is 26.2 Å². The van der Waals surface area contributed by atoms with E-state index in [0.717, 1.165) is 49.7 Å². The zero-order valence-corrected chi connectivity index (χ0v) is 13.3. The van der Waals surface area contributed by atoms with Gasteiger partial charge in [0.2, 0.25) is 0 Å². The van der Waals surface area contributed by atoms with Crippen molar-refractivity contribution < 1.29 is 5.11 Å². The summed E-state index contributed by atoms with van der Waals surface area (Å²) in [6.45, 7) is 5.20. The lowest BCUT2D eigenvalue weighted by Gasteiger charge is -2.37. The number of aliphatic hydroxyl groups excluding tert-OH is 1. The van der Waals surface area contributed by atoms with Crippen molar-refractivity contribution in [1.29, 1.82) is 0 Å². The van der Waals surface area contributed by atoms with Gasteiger partial charge in [-0.05, 0) is 26.2 Å². The molecule has 0 radical (unpaired) electrons. The Kier molecular flexibility index (Phi) is 5.79. The molecule has 0 bridgehead atoms. The molecule has 3 N–H and O–H groups in total. The predicted molar refractivity (Wildman–Crippen MR) is 86.7 cm³/mol. The fourth-order valence-electron chi connectivity index (χ4n) is 2.99. The maximum atomic E-state index is 9.83.